The van der Waals surface area contributed by atoms with E-state index >= 15 is 0 Å². The average Bonchev–Trinajstić information content (AvgIpc) is 2.59. The van der Waals surface area contributed by atoms with Gasteiger partial charge in [-0.15, -0.1) is 0 Å². The summed E-state index contributed by atoms with van der Waals surface area (Å²) in [6.45, 7) is 2.27. The van der Waals surface area contributed by atoms with Crippen LogP contribution in [0.4, 0.5) is 0 Å². The van der Waals surface area contributed by atoms with Crippen molar-refractivity contribution in [2.24, 2.45) is 5.92 Å². The van der Waals surface area contributed by atoms with Gasteiger partial charge in [0.05, 0.1) is 26.9 Å². The summed E-state index contributed by atoms with van der Waals surface area (Å²) in [5.74, 6) is 2.14. The normalized spacial score (nSPS) is 20.7. The summed E-state index contributed by atoms with van der Waals surface area (Å²) in [4.78, 5) is 14.8. The van der Waals surface area contributed by atoms with Gasteiger partial charge in [0.2, 0.25) is 5.75 Å². The first kappa shape index (κ1) is 17.4. The van der Waals surface area contributed by atoms with Crippen LogP contribution in [0.5, 0.6) is 17.2 Å². The molecule has 0 spiro atoms. The first-order chi connectivity index (χ1) is 11.0. The number of amides is 1. The zero-order chi connectivity index (χ0) is 17.0. The van der Waals surface area contributed by atoms with Crippen LogP contribution in [0.1, 0.15) is 43.0 Å². The molecule has 2 rings (SSSR count). The summed E-state index contributed by atoms with van der Waals surface area (Å²) in [7, 11) is 6.52. The lowest BCUT2D eigenvalue weighted by atomic mass is 9.86. The van der Waals surface area contributed by atoms with Crippen LogP contribution in [0.25, 0.3) is 0 Å². The highest BCUT2D eigenvalue weighted by atomic mass is 16.5. The number of benzene rings is 1. The number of methoxy groups -OCH3 is 3. The molecule has 0 bridgehead atoms. The fourth-order valence-electron chi connectivity index (χ4n) is 3.26. The number of hydrogen-bond acceptors (Lipinski definition) is 4. The molecule has 1 aromatic rings. The highest BCUT2D eigenvalue weighted by molar-refractivity contribution is 5.98. The van der Waals surface area contributed by atoms with Gasteiger partial charge in [0, 0.05) is 13.1 Å². The Morgan fingerprint density at radius 1 is 1.00 bits per heavy atom. The van der Waals surface area contributed by atoms with E-state index in [0.717, 1.165) is 18.8 Å². The summed E-state index contributed by atoms with van der Waals surface area (Å²) < 4.78 is 16.1. The van der Waals surface area contributed by atoms with Crippen molar-refractivity contribution < 1.29 is 19.0 Å². The topological polar surface area (TPSA) is 48.0 Å². The van der Waals surface area contributed by atoms with Gasteiger partial charge >= 0.3 is 0 Å². The minimum Gasteiger partial charge on any atom is -0.493 e. The average molecular weight is 321 g/mol. The first-order valence-corrected chi connectivity index (χ1v) is 8.09. The Labute approximate surface area is 138 Å². The summed E-state index contributed by atoms with van der Waals surface area (Å²) in [6, 6.07) is 3.77. The molecule has 0 aromatic heterocycles. The molecule has 128 valence electrons. The van der Waals surface area contributed by atoms with E-state index in [1.807, 2.05) is 11.9 Å². The van der Waals surface area contributed by atoms with Gasteiger partial charge in [-0.3, -0.25) is 4.79 Å². The molecule has 0 unspecified atom stereocenters. The zero-order valence-corrected chi connectivity index (χ0v) is 14.7. The molecule has 5 heteroatoms. The van der Waals surface area contributed by atoms with Crippen molar-refractivity contribution in [3.8, 4) is 17.2 Å². The minimum atomic E-state index is -0.0395. The van der Waals surface area contributed by atoms with Crippen LogP contribution in [0.15, 0.2) is 12.1 Å². The Morgan fingerprint density at radius 2 is 1.61 bits per heavy atom. The van der Waals surface area contributed by atoms with Crippen LogP contribution in [0.3, 0.4) is 0 Å². The van der Waals surface area contributed by atoms with Crippen molar-refractivity contribution in [3.63, 3.8) is 0 Å². The maximum absolute atomic E-state index is 12.9. The standard InChI is InChI=1S/C18H27NO4/c1-12-6-8-13(9-7-12)19(2)18(20)14-10-11-15(21-3)17(23-5)16(14)22-4/h10-13H,6-9H2,1-5H3. The van der Waals surface area contributed by atoms with Crippen LogP contribution in [0, 0.1) is 5.92 Å². The maximum atomic E-state index is 12.9. The Hall–Kier alpha value is -1.91. The number of nitrogens with zero attached hydrogens (tertiary/aromatic N) is 1. The largest absolute Gasteiger partial charge is 0.493 e. The van der Waals surface area contributed by atoms with E-state index in [4.69, 9.17) is 14.2 Å². The predicted octanol–water partition coefficient (Wildman–Crippen LogP) is 3.36. The molecule has 1 fully saturated rings. The maximum Gasteiger partial charge on any atom is 0.257 e. The van der Waals surface area contributed by atoms with Crippen LogP contribution in [-0.4, -0.2) is 45.2 Å². The van der Waals surface area contributed by atoms with E-state index in [1.165, 1.54) is 20.0 Å². The van der Waals surface area contributed by atoms with Crippen molar-refractivity contribution in [1.29, 1.82) is 0 Å². The molecule has 1 amide bonds. The minimum absolute atomic E-state index is 0.0395. The molecule has 0 saturated heterocycles. The Morgan fingerprint density at radius 3 is 2.13 bits per heavy atom. The van der Waals surface area contributed by atoms with Gasteiger partial charge in [-0.25, -0.2) is 0 Å². The molecule has 1 aliphatic rings. The fraction of sp³-hybridized carbons (Fsp3) is 0.611. The van der Waals surface area contributed by atoms with Gasteiger partial charge < -0.3 is 19.1 Å². The van der Waals surface area contributed by atoms with Crippen molar-refractivity contribution in [3.05, 3.63) is 17.7 Å². The van der Waals surface area contributed by atoms with Crippen LogP contribution < -0.4 is 14.2 Å². The smallest absolute Gasteiger partial charge is 0.257 e. The van der Waals surface area contributed by atoms with Gasteiger partial charge in [0.1, 0.15) is 0 Å². The predicted molar refractivity (Wildman–Crippen MR) is 89.6 cm³/mol. The summed E-state index contributed by atoms with van der Waals surface area (Å²) in [6.07, 6.45) is 4.45. The van der Waals surface area contributed by atoms with Crippen molar-refractivity contribution in [2.45, 2.75) is 38.6 Å². The van der Waals surface area contributed by atoms with Crippen molar-refractivity contribution >= 4 is 5.91 Å². The second-order valence-electron chi connectivity index (χ2n) is 6.21. The molecule has 0 aliphatic heterocycles. The van der Waals surface area contributed by atoms with Gasteiger partial charge in [0.15, 0.2) is 11.5 Å². The molecule has 5 nitrogen and oxygen atoms in total. The number of rotatable bonds is 5. The lowest BCUT2D eigenvalue weighted by Crippen LogP contribution is -2.39. The SMILES string of the molecule is COc1ccc(C(=O)N(C)C2CCC(C)CC2)c(OC)c1OC. The van der Waals surface area contributed by atoms with E-state index in [2.05, 4.69) is 6.92 Å². The molecular formula is C18H27NO4. The van der Waals surface area contributed by atoms with Gasteiger partial charge in [-0.1, -0.05) is 6.92 Å². The number of carbonyl (C=O) groups is 1. The quantitative estimate of drug-likeness (QED) is 0.834. The molecular weight excluding hydrogens is 294 g/mol. The van der Waals surface area contributed by atoms with E-state index in [0.29, 0.717) is 22.8 Å². The van der Waals surface area contributed by atoms with E-state index in [-0.39, 0.29) is 11.9 Å². The second-order valence-corrected chi connectivity index (χ2v) is 6.21. The third-order valence-electron chi connectivity index (χ3n) is 4.79. The molecule has 23 heavy (non-hydrogen) atoms. The molecule has 0 heterocycles. The second kappa shape index (κ2) is 7.57. The lowest BCUT2D eigenvalue weighted by Gasteiger charge is -2.34. The van der Waals surface area contributed by atoms with Crippen LogP contribution >= 0.6 is 0 Å². The molecule has 1 aromatic carbocycles. The van der Waals surface area contributed by atoms with E-state index in [9.17, 15) is 4.79 Å². The number of hydrogen-bond donors (Lipinski definition) is 0. The third-order valence-corrected chi connectivity index (χ3v) is 4.79. The van der Waals surface area contributed by atoms with Gasteiger partial charge in [0.25, 0.3) is 5.91 Å². The van der Waals surface area contributed by atoms with Gasteiger partial charge in [-0.05, 0) is 43.7 Å². The molecule has 0 radical (unpaired) electrons. The first-order valence-electron chi connectivity index (χ1n) is 8.09. The number of ether oxygens (including phenoxy) is 3. The molecule has 1 aliphatic carbocycles. The highest BCUT2D eigenvalue weighted by Gasteiger charge is 2.28. The van der Waals surface area contributed by atoms with Gasteiger partial charge in [-0.2, -0.15) is 0 Å². The van der Waals surface area contributed by atoms with Crippen LogP contribution in [-0.2, 0) is 0 Å². The van der Waals surface area contributed by atoms with Crippen molar-refractivity contribution in [2.75, 3.05) is 28.4 Å². The zero-order valence-electron chi connectivity index (χ0n) is 14.7. The third kappa shape index (κ3) is 3.54. The molecule has 0 N–H and O–H groups in total. The highest BCUT2D eigenvalue weighted by Crippen LogP contribution is 2.40. The Kier molecular flexibility index (Phi) is 5.74. The Bertz CT molecular complexity index is 550. The molecule has 1 saturated carbocycles. The van der Waals surface area contributed by atoms with E-state index in [1.54, 1.807) is 26.4 Å². The summed E-state index contributed by atoms with van der Waals surface area (Å²) >= 11 is 0. The summed E-state index contributed by atoms with van der Waals surface area (Å²) in [5.41, 5.74) is 0.506. The van der Waals surface area contributed by atoms with Crippen LogP contribution in [0.2, 0.25) is 0 Å². The van der Waals surface area contributed by atoms with Crippen molar-refractivity contribution in [1.82, 2.24) is 4.90 Å². The number of carbonyl (C=O) groups excluding carboxylic acids is 1. The summed E-state index contributed by atoms with van der Waals surface area (Å²) in [5, 5.41) is 0. The van der Waals surface area contributed by atoms with E-state index < -0.39 is 0 Å². The lowest BCUT2D eigenvalue weighted by molar-refractivity contribution is 0.0675. The fourth-order valence-corrected chi connectivity index (χ4v) is 3.26. The Balaban J connectivity index is 2.28. The molecule has 0 atom stereocenters. The monoisotopic (exact) mass is 321 g/mol.